The number of halogens is 1. The van der Waals surface area contributed by atoms with Gasteiger partial charge in [-0.15, -0.1) is 0 Å². The molecule has 5 rings (SSSR count). The molecule has 0 radical (unpaired) electrons. The van der Waals surface area contributed by atoms with Crippen LogP contribution in [-0.2, 0) is 6.54 Å². The molecular weight excluding hydrogens is 472 g/mol. The Labute approximate surface area is 213 Å². The average molecular weight is 495 g/mol. The van der Waals surface area contributed by atoms with Crippen molar-refractivity contribution < 1.29 is 9.53 Å². The van der Waals surface area contributed by atoms with Crippen LogP contribution in [0.3, 0.4) is 0 Å². The van der Waals surface area contributed by atoms with Gasteiger partial charge in [-0.3, -0.25) is 4.79 Å². The average Bonchev–Trinajstić information content (AvgIpc) is 2.98. The molecule has 6 nitrogen and oxygen atoms in total. The van der Waals surface area contributed by atoms with E-state index in [0.717, 1.165) is 22.2 Å². The van der Waals surface area contributed by atoms with Crippen molar-refractivity contribution in [3.05, 3.63) is 113 Å². The molecule has 0 saturated heterocycles. The summed E-state index contributed by atoms with van der Waals surface area (Å²) in [5.74, 6) is 0.922. The minimum absolute atomic E-state index is 0.141. The number of carbonyl (C=O) groups excluding carboxylic acids is 1. The number of amides is 1. The number of methoxy groups -OCH3 is 1. The number of hydrogen-bond acceptors (Lipinski definition) is 4. The van der Waals surface area contributed by atoms with Crippen molar-refractivity contribution in [2.45, 2.75) is 6.54 Å². The number of para-hydroxylation sites is 2. The Morgan fingerprint density at radius 3 is 2.39 bits per heavy atom. The molecule has 5 aromatic rings. The molecular formula is C29H23ClN4O2. The number of hydrogen-bond donors (Lipinski definition) is 2. The van der Waals surface area contributed by atoms with Gasteiger partial charge >= 0.3 is 0 Å². The zero-order chi connectivity index (χ0) is 24.9. The quantitative estimate of drug-likeness (QED) is 0.292. The Morgan fingerprint density at radius 2 is 1.61 bits per heavy atom. The van der Waals surface area contributed by atoms with Crippen LogP contribution in [0.15, 0.2) is 97.1 Å². The summed E-state index contributed by atoms with van der Waals surface area (Å²) in [5, 5.41) is 4.36. The van der Waals surface area contributed by atoms with Gasteiger partial charge in [-0.2, -0.15) is 0 Å². The fourth-order valence-corrected chi connectivity index (χ4v) is 4.08. The van der Waals surface area contributed by atoms with Gasteiger partial charge in [0.25, 0.3) is 5.91 Å². The Kier molecular flexibility index (Phi) is 6.78. The van der Waals surface area contributed by atoms with Crippen LogP contribution >= 0.6 is 11.6 Å². The third kappa shape index (κ3) is 5.14. The first-order chi connectivity index (χ1) is 17.6. The van der Waals surface area contributed by atoms with Crippen LogP contribution in [0.4, 0.5) is 0 Å². The number of H-pyrrole nitrogens is 1. The van der Waals surface area contributed by atoms with Crippen molar-refractivity contribution in [1.29, 1.82) is 0 Å². The van der Waals surface area contributed by atoms with Gasteiger partial charge in [0.15, 0.2) is 0 Å². The van der Waals surface area contributed by atoms with Gasteiger partial charge in [0.1, 0.15) is 11.6 Å². The van der Waals surface area contributed by atoms with Crippen molar-refractivity contribution in [2.75, 3.05) is 7.11 Å². The number of benzene rings is 4. The molecule has 0 bridgehead atoms. The van der Waals surface area contributed by atoms with E-state index in [0.29, 0.717) is 33.2 Å². The smallest absolute Gasteiger partial charge is 0.251 e. The van der Waals surface area contributed by atoms with Crippen molar-refractivity contribution >= 4 is 39.4 Å². The molecule has 2 N–H and O–H groups in total. The van der Waals surface area contributed by atoms with Gasteiger partial charge in [-0.05, 0) is 60.2 Å². The van der Waals surface area contributed by atoms with Crippen LogP contribution in [0, 0.1) is 0 Å². The van der Waals surface area contributed by atoms with E-state index in [2.05, 4.69) is 10.3 Å². The first-order valence-electron chi connectivity index (χ1n) is 11.4. The van der Waals surface area contributed by atoms with Crippen molar-refractivity contribution in [1.82, 2.24) is 20.3 Å². The number of fused-ring (bicyclic) bond motifs is 2. The maximum atomic E-state index is 12.8. The zero-order valence-corrected chi connectivity index (χ0v) is 20.3. The molecule has 0 unspecified atom stereocenters. The monoisotopic (exact) mass is 494 g/mol. The molecule has 178 valence electrons. The molecule has 1 aromatic heterocycles. The summed E-state index contributed by atoms with van der Waals surface area (Å²) in [5.41, 5.74) is 4.59. The third-order valence-corrected chi connectivity index (χ3v) is 5.95. The van der Waals surface area contributed by atoms with Gasteiger partial charge in [-0.1, -0.05) is 54.1 Å². The van der Waals surface area contributed by atoms with Crippen LogP contribution in [0.25, 0.3) is 33.2 Å². The number of nitrogens with zero attached hydrogens (tertiary/aromatic N) is 2. The van der Waals surface area contributed by atoms with Gasteiger partial charge in [0, 0.05) is 16.0 Å². The van der Waals surface area contributed by atoms with Crippen LogP contribution in [-0.4, -0.2) is 28.0 Å². The molecule has 7 heteroatoms. The molecule has 0 aliphatic rings. The van der Waals surface area contributed by atoms with Crippen LogP contribution < -0.4 is 10.1 Å². The molecule has 36 heavy (non-hydrogen) atoms. The maximum absolute atomic E-state index is 12.8. The van der Waals surface area contributed by atoms with E-state index >= 15 is 0 Å². The molecule has 0 aliphatic heterocycles. The highest BCUT2D eigenvalue weighted by molar-refractivity contribution is 6.31. The summed E-state index contributed by atoms with van der Waals surface area (Å²) in [7, 11) is 1.59. The predicted octanol–water partition coefficient (Wildman–Crippen LogP) is 6.49. The van der Waals surface area contributed by atoms with Crippen LogP contribution in [0.5, 0.6) is 5.75 Å². The van der Waals surface area contributed by atoms with E-state index in [1.165, 1.54) is 0 Å². The number of aromatic amines is 1. The van der Waals surface area contributed by atoms with Gasteiger partial charge in [0.05, 0.1) is 35.9 Å². The standard InChI is InChI=1S/C29H23ClN4O2/c1-36-22-14-11-20(12-15-22)29(35)31-18-27-32-24-16-13-21(30)17-23(24)28(19-7-3-2-4-8-19)34-26-10-6-5-9-25(26)33-27/h2-17,34H,18H2,1H3,(H,31,35). The van der Waals surface area contributed by atoms with E-state index in [4.69, 9.17) is 26.3 Å². The SMILES string of the molecule is COc1ccc(C(=O)NCc2nc3ccccc3[nH]c(-c3ccccc3)c3cc(Cl)ccc3n2)cc1. The molecule has 0 fully saturated rings. The number of rotatable bonds is 5. The third-order valence-electron chi connectivity index (χ3n) is 5.71. The van der Waals surface area contributed by atoms with E-state index in [1.54, 1.807) is 37.4 Å². The van der Waals surface area contributed by atoms with Crippen molar-refractivity contribution in [3.63, 3.8) is 0 Å². The molecule has 0 aliphatic carbocycles. The minimum atomic E-state index is -0.227. The van der Waals surface area contributed by atoms with E-state index in [1.807, 2.05) is 66.7 Å². The lowest BCUT2D eigenvalue weighted by atomic mass is 10.1. The summed E-state index contributed by atoms with van der Waals surface area (Å²) in [6, 6.07) is 30.2. The largest absolute Gasteiger partial charge is 0.497 e. The van der Waals surface area contributed by atoms with Crippen molar-refractivity contribution in [3.8, 4) is 17.0 Å². The number of nitrogens with one attached hydrogen (secondary N) is 2. The predicted molar refractivity (Wildman–Crippen MR) is 144 cm³/mol. The second-order valence-electron chi connectivity index (χ2n) is 8.10. The molecule has 4 aromatic carbocycles. The minimum Gasteiger partial charge on any atom is -0.497 e. The summed E-state index contributed by atoms with van der Waals surface area (Å²) in [6.45, 7) is 0.141. The Balaban J connectivity index is 1.66. The molecule has 0 spiro atoms. The lowest BCUT2D eigenvalue weighted by Crippen LogP contribution is -2.23. The molecule has 1 amide bonds. The summed E-state index contributed by atoms with van der Waals surface area (Å²) >= 11 is 6.41. The topological polar surface area (TPSA) is 79.9 Å². The summed E-state index contributed by atoms with van der Waals surface area (Å²) in [6.07, 6.45) is 0. The normalized spacial score (nSPS) is 10.7. The Bertz CT molecular complexity index is 1600. The fraction of sp³-hybridized carbons (Fsp3) is 0.0690. The first-order valence-corrected chi connectivity index (χ1v) is 11.8. The van der Waals surface area contributed by atoms with Crippen LogP contribution in [0.1, 0.15) is 16.2 Å². The second-order valence-corrected chi connectivity index (χ2v) is 8.53. The fourth-order valence-electron chi connectivity index (χ4n) is 3.90. The lowest BCUT2D eigenvalue weighted by Gasteiger charge is -2.06. The van der Waals surface area contributed by atoms with Gasteiger partial charge in [0.2, 0.25) is 0 Å². The highest BCUT2D eigenvalue weighted by Gasteiger charge is 2.10. The number of aromatic nitrogens is 3. The maximum Gasteiger partial charge on any atom is 0.251 e. The number of ether oxygens (including phenoxy) is 1. The first kappa shape index (κ1) is 23.3. The number of carbonyl (C=O) groups is 1. The lowest BCUT2D eigenvalue weighted by molar-refractivity contribution is 0.0950. The Morgan fingerprint density at radius 1 is 0.889 bits per heavy atom. The van der Waals surface area contributed by atoms with Crippen molar-refractivity contribution in [2.24, 2.45) is 0 Å². The second kappa shape index (κ2) is 10.5. The molecule has 0 saturated carbocycles. The summed E-state index contributed by atoms with van der Waals surface area (Å²) < 4.78 is 5.17. The highest BCUT2D eigenvalue weighted by Crippen LogP contribution is 2.28. The molecule has 0 atom stereocenters. The van der Waals surface area contributed by atoms with Gasteiger partial charge < -0.3 is 15.0 Å². The van der Waals surface area contributed by atoms with Crippen LogP contribution in [0.2, 0.25) is 5.02 Å². The van der Waals surface area contributed by atoms with E-state index in [9.17, 15) is 4.79 Å². The summed E-state index contributed by atoms with van der Waals surface area (Å²) in [4.78, 5) is 26.0. The van der Waals surface area contributed by atoms with E-state index in [-0.39, 0.29) is 12.5 Å². The molecule has 1 heterocycles. The van der Waals surface area contributed by atoms with Gasteiger partial charge in [-0.25, -0.2) is 9.97 Å². The van der Waals surface area contributed by atoms with E-state index < -0.39 is 0 Å². The highest BCUT2D eigenvalue weighted by atomic mass is 35.5. The zero-order valence-electron chi connectivity index (χ0n) is 19.5. The Hall–Kier alpha value is -4.42.